The van der Waals surface area contributed by atoms with Crippen LogP contribution in [0.2, 0.25) is 0 Å². The summed E-state index contributed by atoms with van der Waals surface area (Å²) in [6.07, 6.45) is 0. The van der Waals surface area contributed by atoms with Crippen molar-refractivity contribution in [3.8, 4) is 0 Å². The number of rotatable bonds is 1. The van der Waals surface area contributed by atoms with Gasteiger partial charge in [-0.2, -0.15) is 0 Å². The van der Waals surface area contributed by atoms with E-state index in [9.17, 15) is 10.1 Å². The molecule has 6 heteroatoms. The summed E-state index contributed by atoms with van der Waals surface area (Å²) < 4.78 is 0.850. The fourth-order valence-electron chi connectivity index (χ4n) is 0.601. The first-order valence-electron chi connectivity index (χ1n) is 2.64. The first-order chi connectivity index (χ1) is 5.09. The Morgan fingerprint density at radius 3 is 2.73 bits per heavy atom. The van der Waals surface area contributed by atoms with E-state index in [0.29, 0.717) is 9.24 Å². The molecule has 0 aliphatic carbocycles. The van der Waals surface area contributed by atoms with E-state index in [4.69, 9.17) is 12.2 Å². The molecule has 0 amide bonds. The summed E-state index contributed by atoms with van der Waals surface area (Å²) in [6.45, 7) is 0. The van der Waals surface area contributed by atoms with Crippen LogP contribution in [0.1, 0.15) is 0 Å². The van der Waals surface area contributed by atoms with Gasteiger partial charge in [-0.05, 0) is 15.9 Å². The highest BCUT2D eigenvalue weighted by atomic mass is 79.9. The van der Waals surface area contributed by atoms with Crippen LogP contribution >= 0.6 is 28.1 Å². The van der Waals surface area contributed by atoms with Gasteiger partial charge in [0.1, 0.15) is 4.64 Å². The van der Waals surface area contributed by atoms with Crippen LogP contribution in [0.3, 0.4) is 0 Å². The molecule has 0 saturated heterocycles. The molecule has 0 unspecified atom stereocenters. The second-order valence-electron chi connectivity index (χ2n) is 1.81. The maximum absolute atomic E-state index is 10.2. The minimum atomic E-state index is -0.492. The molecule has 0 spiro atoms. The maximum atomic E-state index is 10.2. The summed E-state index contributed by atoms with van der Waals surface area (Å²) >= 11 is 7.77. The Morgan fingerprint density at radius 2 is 2.27 bits per heavy atom. The zero-order chi connectivity index (χ0) is 8.43. The van der Waals surface area contributed by atoms with Crippen molar-refractivity contribution in [2.24, 2.45) is 0 Å². The lowest BCUT2D eigenvalue weighted by Crippen LogP contribution is -1.88. The highest BCUT2D eigenvalue weighted by Gasteiger charge is 2.04. The van der Waals surface area contributed by atoms with Crippen molar-refractivity contribution in [1.29, 1.82) is 0 Å². The van der Waals surface area contributed by atoms with Crippen LogP contribution < -0.4 is 0 Å². The van der Waals surface area contributed by atoms with E-state index in [0.717, 1.165) is 0 Å². The number of H-pyrrole nitrogens is 1. The van der Waals surface area contributed by atoms with Crippen molar-refractivity contribution < 1.29 is 4.92 Å². The van der Waals surface area contributed by atoms with Crippen LogP contribution in [0.5, 0.6) is 0 Å². The largest absolute Gasteiger partial charge is 0.340 e. The van der Waals surface area contributed by atoms with Crippen LogP contribution in [0.4, 0.5) is 5.69 Å². The summed E-state index contributed by atoms with van der Waals surface area (Å²) in [5, 5.41) is 10.2. The fraction of sp³-hybridized carbons (Fsp3) is 0. The number of pyridine rings is 1. The average Bonchev–Trinajstić information content (AvgIpc) is 1.85. The molecule has 1 aromatic heterocycles. The lowest BCUT2D eigenvalue weighted by atomic mass is 10.4. The molecule has 0 saturated carbocycles. The van der Waals surface area contributed by atoms with Gasteiger partial charge in [0.25, 0.3) is 5.69 Å². The minimum Gasteiger partial charge on any atom is -0.340 e. The first kappa shape index (κ1) is 8.35. The van der Waals surface area contributed by atoms with E-state index in [1.165, 1.54) is 12.1 Å². The Balaban J connectivity index is 3.30. The fourth-order valence-corrected chi connectivity index (χ4v) is 1.41. The molecule has 0 atom stereocenters. The van der Waals surface area contributed by atoms with Gasteiger partial charge in [0.05, 0.1) is 15.6 Å². The SMILES string of the molecule is O=[N+]([O-])c1cc(Br)[nH]c(=S)c1. The van der Waals surface area contributed by atoms with E-state index in [1.54, 1.807) is 0 Å². The van der Waals surface area contributed by atoms with Gasteiger partial charge in [0.15, 0.2) is 0 Å². The van der Waals surface area contributed by atoms with Gasteiger partial charge < -0.3 is 4.98 Å². The average molecular weight is 235 g/mol. The molecular weight excluding hydrogens is 232 g/mol. The Hall–Kier alpha value is -0.750. The third-order valence-corrected chi connectivity index (χ3v) is 1.65. The summed E-state index contributed by atoms with van der Waals surface area (Å²) in [5.41, 5.74) is -0.0133. The molecule has 0 aromatic carbocycles. The van der Waals surface area contributed by atoms with E-state index < -0.39 is 4.92 Å². The summed E-state index contributed by atoms with van der Waals surface area (Å²) in [5.74, 6) is 0. The molecule has 0 bridgehead atoms. The van der Waals surface area contributed by atoms with E-state index >= 15 is 0 Å². The van der Waals surface area contributed by atoms with Crippen LogP contribution in [0.25, 0.3) is 0 Å². The molecule has 0 aliphatic rings. The van der Waals surface area contributed by atoms with Gasteiger partial charge in [-0.25, -0.2) is 0 Å². The predicted molar refractivity (Wildman–Crippen MR) is 46.0 cm³/mol. The van der Waals surface area contributed by atoms with E-state index in [1.807, 2.05) is 0 Å². The van der Waals surface area contributed by atoms with Crippen LogP contribution in [0, 0.1) is 14.8 Å². The number of aromatic nitrogens is 1. The second kappa shape index (κ2) is 3.10. The third-order valence-electron chi connectivity index (χ3n) is 1.01. The zero-order valence-corrected chi connectivity index (χ0v) is 7.61. The number of hydrogen-bond acceptors (Lipinski definition) is 3. The van der Waals surface area contributed by atoms with Crippen molar-refractivity contribution in [1.82, 2.24) is 4.98 Å². The number of aromatic amines is 1. The van der Waals surface area contributed by atoms with Crippen molar-refractivity contribution in [2.45, 2.75) is 0 Å². The van der Waals surface area contributed by atoms with Gasteiger partial charge in [-0.1, -0.05) is 12.2 Å². The van der Waals surface area contributed by atoms with E-state index in [-0.39, 0.29) is 5.69 Å². The predicted octanol–water partition coefficient (Wildman–Crippen LogP) is 2.41. The third kappa shape index (κ3) is 2.09. The number of nitrogens with zero attached hydrogens (tertiary/aromatic N) is 1. The van der Waals surface area contributed by atoms with Crippen LogP contribution in [0.15, 0.2) is 16.7 Å². The lowest BCUT2D eigenvalue weighted by Gasteiger charge is -1.91. The number of nitrogens with one attached hydrogen (secondary N) is 1. The van der Waals surface area contributed by atoms with Gasteiger partial charge in [-0.15, -0.1) is 0 Å². The Kier molecular flexibility index (Phi) is 2.35. The summed E-state index contributed by atoms with van der Waals surface area (Å²) in [4.78, 5) is 12.4. The van der Waals surface area contributed by atoms with Crippen molar-refractivity contribution in [2.75, 3.05) is 0 Å². The normalized spacial score (nSPS) is 9.55. The maximum Gasteiger partial charge on any atom is 0.275 e. The Morgan fingerprint density at radius 1 is 1.64 bits per heavy atom. The molecular formula is C5H3BrN2O2S. The number of halogens is 1. The molecule has 58 valence electrons. The Bertz CT molecular complexity index is 349. The molecule has 0 aliphatic heterocycles. The van der Waals surface area contributed by atoms with Gasteiger partial charge in [0, 0.05) is 6.07 Å². The standard InChI is InChI=1S/C5H3BrN2O2S/c6-4-1-3(8(9)10)2-5(11)7-4/h1-2H,(H,7,11). The van der Waals surface area contributed by atoms with Crippen molar-refractivity contribution >= 4 is 33.8 Å². The quantitative estimate of drug-likeness (QED) is 0.352. The second-order valence-corrected chi connectivity index (χ2v) is 3.10. The zero-order valence-electron chi connectivity index (χ0n) is 5.20. The molecule has 1 heterocycles. The topological polar surface area (TPSA) is 58.9 Å². The molecule has 4 nitrogen and oxygen atoms in total. The number of nitro groups is 1. The van der Waals surface area contributed by atoms with E-state index in [2.05, 4.69) is 20.9 Å². The molecule has 11 heavy (non-hydrogen) atoms. The van der Waals surface area contributed by atoms with Gasteiger partial charge in [0.2, 0.25) is 0 Å². The highest BCUT2D eigenvalue weighted by molar-refractivity contribution is 9.10. The smallest absolute Gasteiger partial charge is 0.275 e. The highest BCUT2D eigenvalue weighted by Crippen LogP contribution is 2.15. The van der Waals surface area contributed by atoms with Gasteiger partial charge >= 0.3 is 0 Å². The summed E-state index contributed by atoms with van der Waals surface area (Å²) in [6, 6.07) is 2.65. The molecule has 1 N–H and O–H groups in total. The molecule has 0 radical (unpaired) electrons. The monoisotopic (exact) mass is 234 g/mol. The Labute approximate surface area is 75.5 Å². The molecule has 0 fully saturated rings. The summed E-state index contributed by atoms with van der Waals surface area (Å²) in [7, 11) is 0. The minimum absolute atomic E-state index is 0.0133. The lowest BCUT2D eigenvalue weighted by molar-refractivity contribution is -0.385. The number of hydrogen-bond donors (Lipinski definition) is 1. The first-order valence-corrected chi connectivity index (χ1v) is 3.84. The van der Waals surface area contributed by atoms with Crippen molar-refractivity contribution in [3.63, 3.8) is 0 Å². The molecule has 1 aromatic rings. The van der Waals surface area contributed by atoms with Crippen molar-refractivity contribution in [3.05, 3.63) is 31.5 Å². The van der Waals surface area contributed by atoms with Crippen LogP contribution in [-0.2, 0) is 0 Å². The molecule has 1 rings (SSSR count). The van der Waals surface area contributed by atoms with Crippen LogP contribution in [-0.4, -0.2) is 9.91 Å². The van der Waals surface area contributed by atoms with Gasteiger partial charge in [-0.3, -0.25) is 10.1 Å².